The third-order valence-corrected chi connectivity index (χ3v) is 2.88. The molecule has 1 atom stereocenters. The maximum absolute atomic E-state index is 13.1. The van der Waals surface area contributed by atoms with Gasteiger partial charge in [-0.3, -0.25) is 0 Å². The molecule has 0 spiro atoms. The highest BCUT2D eigenvalue weighted by Gasteiger charge is 2.05. The van der Waals surface area contributed by atoms with E-state index in [0.29, 0.717) is 5.92 Å². The third kappa shape index (κ3) is 5.08. The van der Waals surface area contributed by atoms with Crippen LogP contribution in [0, 0.1) is 11.7 Å². The van der Waals surface area contributed by atoms with E-state index < -0.39 is 0 Å². The standard InChI is InChI=1S/C13H19BrFN/c1-3-4-16-9-10(2)5-11-6-12(14)8-13(15)7-11/h6-8,10,16H,3-5,9H2,1-2H3. The highest BCUT2D eigenvalue weighted by molar-refractivity contribution is 9.10. The monoisotopic (exact) mass is 287 g/mol. The fraction of sp³-hybridized carbons (Fsp3) is 0.538. The summed E-state index contributed by atoms with van der Waals surface area (Å²) in [6.07, 6.45) is 2.06. The van der Waals surface area contributed by atoms with Crippen molar-refractivity contribution in [1.29, 1.82) is 0 Å². The first-order valence-corrected chi connectivity index (χ1v) is 6.56. The lowest BCUT2D eigenvalue weighted by Crippen LogP contribution is -2.23. The molecule has 1 rings (SSSR count). The fourth-order valence-electron chi connectivity index (χ4n) is 1.73. The quantitative estimate of drug-likeness (QED) is 0.786. The van der Waals surface area contributed by atoms with Gasteiger partial charge in [0.25, 0.3) is 0 Å². The minimum Gasteiger partial charge on any atom is -0.316 e. The molecule has 0 fully saturated rings. The minimum atomic E-state index is -0.168. The second-order valence-electron chi connectivity index (χ2n) is 4.29. The van der Waals surface area contributed by atoms with Gasteiger partial charge in [0.15, 0.2) is 0 Å². The molecule has 1 nitrogen and oxygen atoms in total. The van der Waals surface area contributed by atoms with Crippen molar-refractivity contribution >= 4 is 15.9 Å². The second kappa shape index (κ2) is 7.02. The number of hydrogen-bond donors (Lipinski definition) is 1. The Morgan fingerprint density at radius 2 is 2.12 bits per heavy atom. The average Bonchev–Trinajstić information content (AvgIpc) is 2.16. The Morgan fingerprint density at radius 1 is 1.38 bits per heavy atom. The molecular formula is C13H19BrFN. The van der Waals surface area contributed by atoms with Gasteiger partial charge in [-0.05, 0) is 55.6 Å². The number of benzene rings is 1. The summed E-state index contributed by atoms with van der Waals surface area (Å²) in [4.78, 5) is 0. The molecule has 1 aromatic rings. The van der Waals surface area contributed by atoms with E-state index in [-0.39, 0.29) is 5.82 Å². The summed E-state index contributed by atoms with van der Waals surface area (Å²) in [5, 5.41) is 3.38. The number of nitrogens with one attached hydrogen (secondary N) is 1. The average molecular weight is 288 g/mol. The van der Waals surface area contributed by atoms with Crippen molar-refractivity contribution in [2.45, 2.75) is 26.7 Å². The molecule has 16 heavy (non-hydrogen) atoms. The van der Waals surface area contributed by atoms with Crippen LogP contribution in [-0.2, 0) is 6.42 Å². The molecule has 0 saturated heterocycles. The van der Waals surface area contributed by atoms with Crippen molar-refractivity contribution < 1.29 is 4.39 Å². The molecule has 0 saturated carbocycles. The number of rotatable bonds is 6. The van der Waals surface area contributed by atoms with Crippen molar-refractivity contribution in [2.75, 3.05) is 13.1 Å². The zero-order valence-corrected chi connectivity index (χ0v) is 11.5. The smallest absolute Gasteiger partial charge is 0.124 e. The lowest BCUT2D eigenvalue weighted by atomic mass is 10.0. The maximum Gasteiger partial charge on any atom is 0.124 e. The van der Waals surface area contributed by atoms with Gasteiger partial charge in [-0.25, -0.2) is 4.39 Å². The van der Waals surface area contributed by atoms with Gasteiger partial charge in [-0.1, -0.05) is 29.8 Å². The lowest BCUT2D eigenvalue weighted by Gasteiger charge is -2.12. The van der Waals surface area contributed by atoms with Crippen LogP contribution in [0.25, 0.3) is 0 Å². The Balaban J connectivity index is 2.45. The largest absolute Gasteiger partial charge is 0.316 e. The Kier molecular flexibility index (Phi) is 5.99. The van der Waals surface area contributed by atoms with Gasteiger partial charge in [0.05, 0.1) is 0 Å². The number of halogens is 2. The number of hydrogen-bond acceptors (Lipinski definition) is 1. The normalized spacial score (nSPS) is 12.8. The van der Waals surface area contributed by atoms with Gasteiger partial charge in [0.2, 0.25) is 0 Å². The van der Waals surface area contributed by atoms with Crippen LogP contribution < -0.4 is 5.32 Å². The van der Waals surface area contributed by atoms with E-state index in [1.54, 1.807) is 6.07 Å². The van der Waals surface area contributed by atoms with E-state index in [0.717, 1.165) is 36.0 Å². The molecule has 1 aromatic carbocycles. The first kappa shape index (κ1) is 13.7. The highest BCUT2D eigenvalue weighted by Crippen LogP contribution is 2.17. The summed E-state index contributed by atoms with van der Waals surface area (Å²) in [6, 6.07) is 5.09. The predicted octanol–water partition coefficient (Wildman–Crippen LogP) is 3.77. The second-order valence-corrected chi connectivity index (χ2v) is 5.21. The molecule has 0 aromatic heterocycles. The molecule has 1 N–H and O–H groups in total. The summed E-state index contributed by atoms with van der Waals surface area (Å²) >= 11 is 3.31. The van der Waals surface area contributed by atoms with Crippen LogP contribution >= 0.6 is 15.9 Å². The van der Waals surface area contributed by atoms with Crippen LogP contribution in [0.15, 0.2) is 22.7 Å². The van der Waals surface area contributed by atoms with Crippen LogP contribution in [0.4, 0.5) is 4.39 Å². The first-order chi connectivity index (χ1) is 7.61. The molecule has 0 radical (unpaired) electrons. The van der Waals surface area contributed by atoms with Gasteiger partial charge in [-0.15, -0.1) is 0 Å². The molecule has 0 aliphatic heterocycles. The fourth-order valence-corrected chi connectivity index (χ4v) is 2.24. The molecule has 0 aliphatic carbocycles. The molecule has 0 bridgehead atoms. The molecule has 1 unspecified atom stereocenters. The topological polar surface area (TPSA) is 12.0 Å². The van der Waals surface area contributed by atoms with Gasteiger partial charge in [-0.2, -0.15) is 0 Å². The van der Waals surface area contributed by atoms with Crippen LogP contribution in [0.2, 0.25) is 0 Å². The molecule has 90 valence electrons. The molecule has 0 amide bonds. The Morgan fingerprint density at radius 3 is 2.75 bits per heavy atom. The summed E-state index contributed by atoms with van der Waals surface area (Å²) in [5.41, 5.74) is 1.05. The van der Waals surface area contributed by atoms with Crippen LogP contribution in [-0.4, -0.2) is 13.1 Å². The van der Waals surface area contributed by atoms with Crippen molar-refractivity contribution in [1.82, 2.24) is 5.32 Å². The van der Waals surface area contributed by atoms with Crippen molar-refractivity contribution in [2.24, 2.45) is 5.92 Å². The van der Waals surface area contributed by atoms with E-state index in [9.17, 15) is 4.39 Å². The van der Waals surface area contributed by atoms with E-state index in [1.165, 1.54) is 6.07 Å². The summed E-state index contributed by atoms with van der Waals surface area (Å²) in [5.74, 6) is 0.360. The Labute approximate surface area is 106 Å². The van der Waals surface area contributed by atoms with E-state index in [1.807, 2.05) is 6.07 Å². The predicted molar refractivity (Wildman–Crippen MR) is 70.1 cm³/mol. The first-order valence-electron chi connectivity index (χ1n) is 5.77. The van der Waals surface area contributed by atoms with Crippen LogP contribution in [0.1, 0.15) is 25.8 Å². The van der Waals surface area contributed by atoms with Gasteiger partial charge < -0.3 is 5.32 Å². The Bertz CT molecular complexity index is 307. The lowest BCUT2D eigenvalue weighted by molar-refractivity contribution is 0.509. The highest BCUT2D eigenvalue weighted by atomic mass is 79.9. The summed E-state index contributed by atoms with van der Waals surface area (Å²) in [6.45, 7) is 6.38. The molecule has 0 heterocycles. The van der Waals surface area contributed by atoms with Crippen LogP contribution in [0.3, 0.4) is 0 Å². The summed E-state index contributed by atoms with van der Waals surface area (Å²) < 4.78 is 14.0. The van der Waals surface area contributed by atoms with Crippen molar-refractivity contribution in [3.8, 4) is 0 Å². The van der Waals surface area contributed by atoms with E-state index in [2.05, 4.69) is 35.1 Å². The van der Waals surface area contributed by atoms with Crippen molar-refractivity contribution in [3.63, 3.8) is 0 Å². The summed E-state index contributed by atoms with van der Waals surface area (Å²) in [7, 11) is 0. The zero-order valence-electron chi connectivity index (χ0n) is 9.89. The maximum atomic E-state index is 13.1. The van der Waals surface area contributed by atoms with E-state index >= 15 is 0 Å². The van der Waals surface area contributed by atoms with E-state index in [4.69, 9.17) is 0 Å². The van der Waals surface area contributed by atoms with Gasteiger partial charge in [0, 0.05) is 4.47 Å². The van der Waals surface area contributed by atoms with Crippen molar-refractivity contribution in [3.05, 3.63) is 34.1 Å². The van der Waals surface area contributed by atoms with Crippen LogP contribution in [0.5, 0.6) is 0 Å². The van der Waals surface area contributed by atoms with Gasteiger partial charge in [0.1, 0.15) is 5.82 Å². The molecule has 3 heteroatoms. The molecule has 0 aliphatic rings. The zero-order chi connectivity index (χ0) is 12.0. The van der Waals surface area contributed by atoms with Gasteiger partial charge >= 0.3 is 0 Å². The molecular weight excluding hydrogens is 269 g/mol. The Hall–Kier alpha value is -0.410. The minimum absolute atomic E-state index is 0.168. The third-order valence-electron chi connectivity index (χ3n) is 2.43. The SMILES string of the molecule is CCCNCC(C)Cc1cc(F)cc(Br)c1.